The van der Waals surface area contributed by atoms with Crippen molar-refractivity contribution in [2.24, 2.45) is 17.8 Å². The van der Waals surface area contributed by atoms with Gasteiger partial charge in [-0.3, -0.25) is 0 Å². The van der Waals surface area contributed by atoms with Crippen LogP contribution in [0.2, 0.25) is 0 Å². The summed E-state index contributed by atoms with van der Waals surface area (Å²) in [6, 6.07) is 7.39. The predicted molar refractivity (Wildman–Crippen MR) is 83.5 cm³/mol. The first-order valence-corrected chi connectivity index (χ1v) is 7.85. The van der Waals surface area contributed by atoms with E-state index in [4.69, 9.17) is 0 Å². The van der Waals surface area contributed by atoms with Gasteiger partial charge in [0.15, 0.2) is 0 Å². The van der Waals surface area contributed by atoms with E-state index in [0.29, 0.717) is 29.7 Å². The molecule has 1 fully saturated rings. The van der Waals surface area contributed by atoms with Crippen LogP contribution in [0.5, 0.6) is 0 Å². The van der Waals surface area contributed by atoms with Crippen LogP contribution in [0.15, 0.2) is 47.0 Å². The number of likely N-dealkylation sites (N-methyl/N-ethyl adjacent to an activating group) is 1. The van der Waals surface area contributed by atoms with Crippen molar-refractivity contribution in [1.82, 2.24) is 0 Å². The zero-order chi connectivity index (χ0) is 13.1. The third-order valence-corrected chi connectivity index (χ3v) is 5.83. The number of allylic oxidation sites excluding steroid dienone is 3. The van der Waals surface area contributed by atoms with Crippen molar-refractivity contribution in [2.75, 3.05) is 11.9 Å². The van der Waals surface area contributed by atoms with Crippen molar-refractivity contribution in [3.63, 3.8) is 0 Å². The molecule has 1 heterocycles. The number of nitrogens with zero attached hydrogens (tertiary/aromatic N) is 1. The fourth-order valence-corrected chi connectivity index (χ4v) is 4.92. The van der Waals surface area contributed by atoms with Crippen LogP contribution in [0.4, 0.5) is 5.69 Å². The van der Waals surface area contributed by atoms with E-state index in [1.54, 1.807) is 0 Å². The first-order chi connectivity index (χ1) is 9.18. The van der Waals surface area contributed by atoms with Gasteiger partial charge in [-0.25, -0.2) is 0 Å². The molecular formula is C17H18BrN. The number of fused-ring (bicyclic) bond motifs is 5. The van der Waals surface area contributed by atoms with Crippen molar-refractivity contribution in [3.8, 4) is 0 Å². The smallest absolute Gasteiger partial charge is 0.0427 e. The molecule has 5 unspecified atom stereocenters. The van der Waals surface area contributed by atoms with Crippen LogP contribution in [0.1, 0.15) is 18.4 Å². The average molecular weight is 316 g/mol. The highest BCUT2D eigenvalue weighted by Crippen LogP contribution is 2.57. The van der Waals surface area contributed by atoms with Crippen LogP contribution in [0.3, 0.4) is 0 Å². The summed E-state index contributed by atoms with van der Waals surface area (Å²) in [7, 11) is 2.26. The Bertz CT molecular complexity index is 589. The van der Waals surface area contributed by atoms with Crippen molar-refractivity contribution in [3.05, 3.63) is 52.5 Å². The Labute approximate surface area is 123 Å². The lowest BCUT2D eigenvalue weighted by atomic mass is 9.84. The molecule has 1 aliphatic heterocycles. The molecule has 0 radical (unpaired) electrons. The number of hydrogen-bond acceptors (Lipinski definition) is 1. The maximum absolute atomic E-state index is 3.63. The second-order valence-corrected chi connectivity index (χ2v) is 7.03. The molecule has 1 saturated carbocycles. The van der Waals surface area contributed by atoms with Crippen LogP contribution < -0.4 is 4.90 Å². The Morgan fingerprint density at radius 2 is 1.84 bits per heavy atom. The highest BCUT2D eigenvalue weighted by atomic mass is 79.9. The fourth-order valence-electron chi connectivity index (χ4n) is 4.54. The molecule has 1 nitrogen and oxygen atoms in total. The Kier molecular flexibility index (Phi) is 2.47. The van der Waals surface area contributed by atoms with Gasteiger partial charge in [0.05, 0.1) is 0 Å². The quantitative estimate of drug-likeness (QED) is 0.687. The minimum absolute atomic E-state index is 0.630. The summed E-state index contributed by atoms with van der Waals surface area (Å²) >= 11 is 3.63. The number of halogens is 1. The molecule has 4 rings (SSSR count). The summed E-state index contributed by atoms with van der Waals surface area (Å²) in [6.07, 6.45) is 9.28. The van der Waals surface area contributed by atoms with E-state index >= 15 is 0 Å². The third-order valence-electron chi connectivity index (χ3n) is 5.33. The summed E-state index contributed by atoms with van der Waals surface area (Å²) in [5.74, 6) is 2.75. The summed E-state index contributed by atoms with van der Waals surface area (Å²) in [4.78, 5) is 2.51. The van der Waals surface area contributed by atoms with Crippen LogP contribution in [-0.2, 0) is 0 Å². The summed E-state index contributed by atoms with van der Waals surface area (Å²) in [6.45, 7) is 2.43. The summed E-state index contributed by atoms with van der Waals surface area (Å²) in [5, 5.41) is 0. The average Bonchev–Trinajstić information content (AvgIpc) is 2.86. The van der Waals surface area contributed by atoms with Crippen LogP contribution in [-0.4, -0.2) is 13.1 Å². The topological polar surface area (TPSA) is 3.24 Å². The third kappa shape index (κ3) is 1.47. The minimum Gasteiger partial charge on any atom is -0.370 e. The second-order valence-electron chi connectivity index (χ2n) is 6.11. The first kappa shape index (κ1) is 11.8. The standard InChI is InChI=1S/C17H18BrN/c1-10-12-5-3-4-6-13(12)17-16(10)14-9-11(18)7-8-15(14)19(17)2/h3-10,12-13,16-17H,1-2H3. The molecule has 0 saturated heterocycles. The Hall–Kier alpha value is -1.02. The number of rotatable bonds is 0. The van der Waals surface area contributed by atoms with Gasteiger partial charge in [0.1, 0.15) is 0 Å². The molecule has 2 aliphatic carbocycles. The van der Waals surface area contributed by atoms with Crippen molar-refractivity contribution < 1.29 is 0 Å². The molecule has 19 heavy (non-hydrogen) atoms. The monoisotopic (exact) mass is 315 g/mol. The minimum atomic E-state index is 0.630. The van der Waals surface area contributed by atoms with Gasteiger partial charge >= 0.3 is 0 Å². The van der Waals surface area contributed by atoms with Gasteiger partial charge in [-0.2, -0.15) is 0 Å². The molecule has 3 aliphatic rings. The molecule has 5 atom stereocenters. The Morgan fingerprint density at radius 3 is 2.63 bits per heavy atom. The highest BCUT2D eigenvalue weighted by molar-refractivity contribution is 9.10. The zero-order valence-electron chi connectivity index (χ0n) is 11.3. The van der Waals surface area contributed by atoms with Crippen LogP contribution in [0, 0.1) is 17.8 Å². The van der Waals surface area contributed by atoms with Gasteiger partial charge in [0, 0.05) is 35.1 Å². The molecule has 0 spiro atoms. The number of anilines is 1. The molecule has 2 heteroatoms. The fraction of sp³-hybridized carbons (Fsp3) is 0.412. The van der Waals surface area contributed by atoms with Gasteiger partial charge in [-0.1, -0.05) is 47.2 Å². The largest absolute Gasteiger partial charge is 0.370 e. The lowest BCUT2D eigenvalue weighted by Crippen LogP contribution is -2.34. The normalized spacial score (nSPS) is 38.3. The maximum Gasteiger partial charge on any atom is 0.0427 e. The lowest BCUT2D eigenvalue weighted by molar-refractivity contribution is 0.428. The van der Waals surface area contributed by atoms with Crippen LogP contribution >= 0.6 is 15.9 Å². The predicted octanol–water partition coefficient (Wildman–Crippen LogP) is 4.36. The number of benzene rings is 1. The molecule has 98 valence electrons. The van der Waals surface area contributed by atoms with E-state index in [1.807, 2.05) is 0 Å². The van der Waals surface area contributed by atoms with E-state index in [-0.39, 0.29) is 0 Å². The number of hydrogen-bond donors (Lipinski definition) is 0. The Morgan fingerprint density at radius 1 is 1.11 bits per heavy atom. The van der Waals surface area contributed by atoms with Gasteiger partial charge in [-0.15, -0.1) is 0 Å². The molecule has 1 aromatic carbocycles. The summed E-state index contributed by atoms with van der Waals surface area (Å²) < 4.78 is 1.20. The van der Waals surface area contributed by atoms with Gasteiger partial charge < -0.3 is 4.90 Å². The van der Waals surface area contributed by atoms with E-state index in [0.717, 1.165) is 0 Å². The van der Waals surface area contributed by atoms with Gasteiger partial charge in [-0.05, 0) is 35.6 Å². The molecule has 0 N–H and O–H groups in total. The maximum atomic E-state index is 3.63. The van der Waals surface area contributed by atoms with Gasteiger partial charge in [0.25, 0.3) is 0 Å². The second kappa shape index (κ2) is 3.99. The molecule has 0 aromatic heterocycles. The first-order valence-electron chi connectivity index (χ1n) is 7.06. The molecule has 1 aromatic rings. The molecular weight excluding hydrogens is 298 g/mol. The van der Waals surface area contributed by atoms with E-state index < -0.39 is 0 Å². The van der Waals surface area contributed by atoms with Crippen molar-refractivity contribution >= 4 is 21.6 Å². The zero-order valence-corrected chi connectivity index (χ0v) is 12.8. The molecule has 0 amide bonds. The molecule has 0 bridgehead atoms. The van der Waals surface area contributed by atoms with E-state index in [2.05, 4.69) is 77.3 Å². The Balaban J connectivity index is 1.86. The highest BCUT2D eigenvalue weighted by Gasteiger charge is 2.53. The van der Waals surface area contributed by atoms with Crippen molar-refractivity contribution in [2.45, 2.75) is 18.9 Å². The van der Waals surface area contributed by atoms with E-state index in [1.165, 1.54) is 15.7 Å². The van der Waals surface area contributed by atoms with Gasteiger partial charge in [0.2, 0.25) is 0 Å². The van der Waals surface area contributed by atoms with Crippen molar-refractivity contribution in [1.29, 1.82) is 0 Å². The SMILES string of the molecule is CC1C2C=CC=CC2C2C1c1cc(Br)ccc1N2C. The van der Waals surface area contributed by atoms with E-state index in [9.17, 15) is 0 Å². The lowest BCUT2D eigenvalue weighted by Gasteiger charge is -2.29. The van der Waals surface area contributed by atoms with Crippen LogP contribution in [0.25, 0.3) is 0 Å². The summed E-state index contributed by atoms with van der Waals surface area (Å²) in [5.41, 5.74) is 2.96.